The van der Waals surface area contributed by atoms with E-state index in [-0.39, 0.29) is 17.9 Å². The smallest absolute Gasteiger partial charge is 0.416 e. The average Bonchev–Trinajstić information content (AvgIpc) is 2.69. The van der Waals surface area contributed by atoms with Crippen LogP contribution in [0.15, 0.2) is 54.6 Å². The van der Waals surface area contributed by atoms with Gasteiger partial charge in [-0.05, 0) is 54.4 Å². The maximum atomic E-state index is 12.7. The number of nitrogens with one attached hydrogen (secondary N) is 1. The summed E-state index contributed by atoms with van der Waals surface area (Å²) in [4.78, 5) is 11.8. The minimum absolute atomic E-state index is 0.0280. The predicted octanol–water partition coefficient (Wildman–Crippen LogP) is 7.34. The lowest BCUT2D eigenvalue weighted by Gasteiger charge is -2.17. The van der Waals surface area contributed by atoms with Crippen molar-refractivity contribution in [1.82, 2.24) is 0 Å². The molecule has 162 valence electrons. The van der Waals surface area contributed by atoms with Crippen LogP contribution in [-0.4, -0.2) is 11.1 Å². The van der Waals surface area contributed by atoms with E-state index >= 15 is 0 Å². The average molecular weight is 470 g/mol. The Labute approximate surface area is 186 Å². The number of hydrogen-bond donors (Lipinski definition) is 2. The van der Waals surface area contributed by atoms with Crippen molar-refractivity contribution in [1.29, 1.82) is 0 Å². The molecule has 31 heavy (non-hydrogen) atoms. The monoisotopic (exact) mass is 469 g/mol. The molecule has 3 rings (SSSR count). The summed E-state index contributed by atoms with van der Waals surface area (Å²) in [5.74, 6) is -0.945. The first-order chi connectivity index (χ1) is 14.6. The number of aryl methyl sites for hydroxylation is 1. The number of rotatable bonds is 6. The van der Waals surface area contributed by atoms with Crippen molar-refractivity contribution in [2.75, 3.05) is 5.32 Å². The van der Waals surface area contributed by atoms with Gasteiger partial charge in [-0.3, -0.25) is 0 Å². The second-order valence-corrected chi connectivity index (χ2v) is 7.49. The van der Waals surface area contributed by atoms with Gasteiger partial charge in [0.15, 0.2) is 0 Å². The number of ether oxygens (including phenoxy) is 1. The summed E-state index contributed by atoms with van der Waals surface area (Å²) >= 11 is 12.3. The van der Waals surface area contributed by atoms with Crippen molar-refractivity contribution in [3.8, 4) is 5.75 Å². The van der Waals surface area contributed by atoms with Crippen molar-refractivity contribution < 1.29 is 27.8 Å². The molecule has 0 aromatic heterocycles. The summed E-state index contributed by atoms with van der Waals surface area (Å²) in [6.45, 7) is 1.66. The van der Waals surface area contributed by atoms with Crippen molar-refractivity contribution in [2.45, 2.75) is 19.7 Å². The molecule has 0 bridgehead atoms. The molecule has 4 nitrogen and oxygen atoms in total. The highest BCUT2D eigenvalue weighted by atomic mass is 35.5. The molecule has 0 aliphatic carbocycles. The number of carboxylic acid groups (broad SMARTS) is 1. The molecule has 2 N–H and O–H groups in total. The number of benzene rings is 3. The SMILES string of the molecule is Cc1cc(OCc2ccc(C(F)(F)F)cc2)cc(C(=O)O)c1Nc1c(Cl)cccc1Cl. The zero-order valence-electron chi connectivity index (χ0n) is 16.1. The predicted molar refractivity (Wildman–Crippen MR) is 114 cm³/mol. The Morgan fingerprint density at radius 2 is 1.65 bits per heavy atom. The van der Waals surface area contributed by atoms with E-state index in [0.717, 1.165) is 12.1 Å². The first kappa shape index (κ1) is 22.8. The summed E-state index contributed by atoms with van der Waals surface area (Å²) in [6.07, 6.45) is -4.42. The molecular weight excluding hydrogens is 454 g/mol. The second kappa shape index (κ2) is 9.08. The highest BCUT2D eigenvalue weighted by molar-refractivity contribution is 6.39. The Hall–Kier alpha value is -2.90. The quantitative estimate of drug-likeness (QED) is 0.396. The molecule has 0 unspecified atom stereocenters. The third kappa shape index (κ3) is 5.42. The molecule has 0 amide bonds. The van der Waals surface area contributed by atoms with Gasteiger partial charge in [0.25, 0.3) is 0 Å². The highest BCUT2D eigenvalue weighted by Gasteiger charge is 2.29. The molecule has 9 heteroatoms. The van der Waals surface area contributed by atoms with Crippen LogP contribution in [0.2, 0.25) is 10.0 Å². The molecule has 0 heterocycles. The van der Waals surface area contributed by atoms with Crippen LogP contribution in [0.5, 0.6) is 5.75 Å². The molecule has 0 fully saturated rings. The number of carboxylic acids is 1. The van der Waals surface area contributed by atoms with Crippen LogP contribution < -0.4 is 10.1 Å². The van der Waals surface area contributed by atoms with Gasteiger partial charge in [-0.1, -0.05) is 41.4 Å². The van der Waals surface area contributed by atoms with E-state index in [9.17, 15) is 23.1 Å². The topological polar surface area (TPSA) is 58.6 Å². The largest absolute Gasteiger partial charge is 0.489 e. The normalized spacial score (nSPS) is 11.3. The molecule has 0 aliphatic rings. The molecule has 0 saturated carbocycles. The lowest BCUT2D eigenvalue weighted by molar-refractivity contribution is -0.137. The minimum Gasteiger partial charge on any atom is -0.489 e. The fraction of sp³-hybridized carbons (Fsp3) is 0.136. The number of aromatic carboxylic acids is 1. The van der Waals surface area contributed by atoms with E-state index in [1.807, 2.05) is 0 Å². The zero-order chi connectivity index (χ0) is 22.8. The van der Waals surface area contributed by atoms with Gasteiger partial charge < -0.3 is 15.2 Å². The van der Waals surface area contributed by atoms with Crippen LogP contribution in [0.25, 0.3) is 0 Å². The molecule has 0 spiro atoms. The fourth-order valence-electron chi connectivity index (χ4n) is 2.87. The summed E-state index contributed by atoms with van der Waals surface area (Å²) in [5, 5.41) is 13.3. The van der Waals surface area contributed by atoms with Gasteiger partial charge in [0, 0.05) is 0 Å². The van der Waals surface area contributed by atoms with Gasteiger partial charge in [0.1, 0.15) is 12.4 Å². The molecule has 0 radical (unpaired) electrons. The van der Waals surface area contributed by atoms with Gasteiger partial charge >= 0.3 is 12.1 Å². The van der Waals surface area contributed by atoms with Gasteiger partial charge in [-0.15, -0.1) is 0 Å². The lowest BCUT2D eigenvalue weighted by Crippen LogP contribution is -2.07. The summed E-state index contributed by atoms with van der Waals surface area (Å²) in [6, 6.07) is 12.4. The maximum absolute atomic E-state index is 12.7. The number of alkyl halides is 3. The first-order valence-corrected chi connectivity index (χ1v) is 9.70. The molecule has 3 aromatic carbocycles. The van der Waals surface area contributed by atoms with Gasteiger partial charge in [-0.2, -0.15) is 13.2 Å². The van der Waals surface area contributed by atoms with Crippen LogP contribution >= 0.6 is 23.2 Å². The van der Waals surface area contributed by atoms with Crippen molar-refractivity contribution in [3.63, 3.8) is 0 Å². The fourth-order valence-corrected chi connectivity index (χ4v) is 3.36. The Balaban J connectivity index is 1.84. The van der Waals surface area contributed by atoms with Crippen molar-refractivity contribution >= 4 is 40.5 Å². The second-order valence-electron chi connectivity index (χ2n) is 6.67. The third-order valence-electron chi connectivity index (χ3n) is 4.44. The molecule has 0 saturated heterocycles. The molecule has 0 aliphatic heterocycles. The van der Waals surface area contributed by atoms with E-state index < -0.39 is 17.7 Å². The van der Waals surface area contributed by atoms with Gasteiger partial charge in [0.2, 0.25) is 0 Å². The van der Waals surface area contributed by atoms with Crippen LogP contribution in [-0.2, 0) is 12.8 Å². The van der Waals surface area contributed by atoms with Gasteiger partial charge in [0.05, 0.1) is 32.5 Å². The van der Waals surface area contributed by atoms with Crippen molar-refractivity contribution in [3.05, 3.63) is 86.9 Å². The molecular formula is C22H16Cl2F3NO3. The highest BCUT2D eigenvalue weighted by Crippen LogP contribution is 2.36. The van der Waals surface area contributed by atoms with E-state index in [1.165, 1.54) is 18.2 Å². The Bertz CT molecular complexity index is 1100. The van der Waals surface area contributed by atoms with E-state index in [1.54, 1.807) is 31.2 Å². The van der Waals surface area contributed by atoms with E-state index in [4.69, 9.17) is 27.9 Å². The minimum atomic E-state index is -4.42. The van der Waals surface area contributed by atoms with E-state index in [2.05, 4.69) is 5.32 Å². The Kier molecular flexibility index (Phi) is 6.67. The number of para-hydroxylation sites is 1. The number of halogens is 5. The van der Waals surface area contributed by atoms with Gasteiger partial charge in [-0.25, -0.2) is 4.79 Å². The molecule has 3 aromatic rings. The number of anilines is 2. The summed E-state index contributed by atoms with van der Waals surface area (Å²) < 4.78 is 43.6. The van der Waals surface area contributed by atoms with Crippen LogP contribution in [0.3, 0.4) is 0 Å². The third-order valence-corrected chi connectivity index (χ3v) is 5.07. The van der Waals surface area contributed by atoms with E-state index in [0.29, 0.717) is 32.5 Å². The van der Waals surface area contributed by atoms with Crippen molar-refractivity contribution in [2.24, 2.45) is 0 Å². The first-order valence-electron chi connectivity index (χ1n) is 8.94. The van der Waals surface area contributed by atoms with Crippen LogP contribution in [0, 0.1) is 6.92 Å². The van der Waals surface area contributed by atoms with Crippen LogP contribution in [0.4, 0.5) is 24.5 Å². The number of hydrogen-bond acceptors (Lipinski definition) is 3. The Morgan fingerprint density at radius 1 is 1.03 bits per heavy atom. The molecule has 0 atom stereocenters. The summed E-state index contributed by atoms with van der Waals surface area (Å²) in [7, 11) is 0. The summed E-state index contributed by atoms with van der Waals surface area (Å²) in [5.41, 5.74) is 0.900. The zero-order valence-corrected chi connectivity index (χ0v) is 17.6. The lowest BCUT2D eigenvalue weighted by atomic mass is 10.1. The standard InChI is InChI=1S/C22H16Cl2F3NO3/c1-12-9-15(31-11-13-5-7-14(8-6-13)22(25,26)27)10-16(21(29)30)19(12)28-20-17(23)3-2-4-18(20)24/h2-10,28H,11H2,1H3,(H,29,30). The van der Waals surface area contributed by atoms with Crippen LogP contribution in [0.1, 0.15) is 27.0 Å². The maximum Gasteiger partial charge on any atom is 0.416 e. The Morgan fingerprint density at radius 3 is 2.19 bits per heavy atom. The number of carbonyl (C=O) groups is 1.